The normalized spacial score (nSPS) is 18.3. The lowest BCUT2D eigenvalue weighted by Crippen LogP contribution is -2.05. The molecule has 2 aliphatic rings. The SMILES string of the molecule is CC1=CC(=C(C#N)C#N)C2=C(CC=CCC2)O1. The Balaban J connectivity index is 2.55. The van der Waals surface area contributed by atoms with Gasteiger partial charge in [-0.15, -0.1) is 0 Å². The van der Waals surface area contributed by atoms with Crippen LogP contribution in [0.5, 0.6) is 0 Å². The number of allylic oxidation sites excluding steroid dienone is 7. The van der Waals surface area contributed by atoms with Crippen molar-refractivity contribution < 1.29 is 4.74 Å². The van der Waals surface area contributed by atoms with Gasteiger partial charge >= 0.3 is 0 Å². The molecule has 0 atom stereocenters. The summed E-state index contributed by atoms with van der Waals surface area (Å²) in [5.74, 6) is 1.61. The summed E-state index contributed by atoms with van der Waals surface area (Å²) in [5, 5.41) is 18.0. The molecule has 3 heteroatoms. The van der Waals surface area contributed by atoms with Crippen LogP contribution in [0.2, 0.25) is 0 Å². The molecule has 17 heavy (non-hydrogen) atoms. The zero-order chi connectivity index (χ0) is 12.3. The number of hydrogen-bond acceptors (Lipinski definition) is 3. The lowest BCUT2D eigenvalue weighted by molar-refractivity contribution is 0.290. The van der Waals surface area contributed by atoms with Gasteiger partial charge in [-0.05, 0) is 25.8 Å². The van der Waals surface area contributed by atoms with E-state index in [-0.39, 0.29) is 5.57 Å². The highest BCUT2D eigenvalue weighted by atomic mass is 16.5. The van der Waals surface area contributed by atoms with Crippen molar-refractivity contribution >= 4 is 0 Å². The second-order valence-electron chi connectivity index (χ2n) is 3.99. The monoisotopic (exact) mass is 224 g/mol. The van der Waals surface area contributed by atoms with E-state index in [4.69, 9.17) is 15.3 Å². The molecule has 0 saturated carbocycles. The summed E-state index contributed by atoms with van der Waals surface area (Å²) < 4.78 is 5.68. The number of rotatable bonds is 0. The van der Waals surface area contributed by atoms with Crippen LogP contribution in [0.3, 0.4) is 0 Å². The highest BCUT2D eigenvalue weighted by Gasteiger charge is 2.21. The minimum absolute atomic E-state index is 0.169. The van der Waals surface area contributed by atoms with Gasteiger partial charge in [-0.1, -0.05) is 12.2 Å². The van der Waals surface area contributed by atoms with E-state index in [0.717, 1.165) is 41.9 Å². The van der Waals surface area contributed by atoms with Crippen molar-refractivity contribution in [2.75, 3.05) is 0 Å². The number of nitriles is 2. The molecule has 2 rings (SSSR count). The third kappa shape index (κ3) is 2.14. The molecular formula is C14H12N2O. The Morgan fingerprint density at radius 2 is 2.06 bits per heavy atom. The summed E-state index contributed by atoms with van der Waals surface area (Å²) in [5.41, 5.74) is 1.90. The van der Waals surface area contributed by atoms with Gasteiger partial charge in [0.2, 0.25) is 0 Å². The van der Waals surface area contributed by atoms with Crippen molar-refractivity contribution in [1.29, 1.82) is 10.5 Å². The van der Waals surface area contributed by atoms with E-state index in [0.29, 0.717) is 0 Å². The van der Waals surface area contributed by atoms with Crippen molar-refractivity contribution in [3.05, 3.63) is 46.5 Å². The van der Waals surface area contributed by atoms with Gasteiger partial charge in [0.25, 0.3) is 0 Å². The topological polar surface area (TPSA) is 56.8 Å². The first-order valence-corrected chi connectivity index (χ1v) is 5.54. The minimum atomic E-state index is 0.169. The van der Waals surface area contributed by atoms with Crippen LogP contribution in [0.25, 0.3) is 0 Å². The van der Waals surface area contributed by atoms with Crippen LogP contribution >= 0.6 is 0 Å². The summed E-state index contributed by atoms with van der Waals surface area (Å²) >= 11 is 0. The molecule has 1 aliphatic carbocycles. The fraction of sp³-hybridized carbons (Fsp3) is 0.286. The lowest BCUT2D eigenvalue weighted by Gasteiger charge is -2.20. The molecule has 0 aromatic heterocycles. The van der Waals surface area contributed by atoms with Gasteiger partial charge in [-0.25, -0.2) is 0 Å². The van der Waals surface area contributed by atoms with Gasteiger partial charge < -0.3 is 4.74 Å². The Morgan fingerprint density at radius 3 is 2.76 bits per heavy atom. The van der Waals surface area contributed by atoms with Crippen molar-refractivity contribution in [1.82, 2.24) is 0 Å². The molecule has 84 valence electrons. The second kappa shape index (κ2) is 4.72. The van der Waals surface area contributed by atoms with Gasteiger partial charge in [-0.3, -0.25) is 0 Å². The maximum absolute atomic E-state index is 8.99. The van der Waals surface area contributed by atoms with Gasteiger partial charge in [0.1, 0.15) is 29.2 Å². The molecule has 0 fully saturated rings. The van der Waals surface area contributed by atoms with E-state index in [1.165, 1.54) is 0 Å². The molecule has 0 unspecified atom stereocenters. The molecule has 0 aromatic rings. The Bertz CT molecular complexity index is 532. The molecule has 0 aromatic carbocycles. The number of nitrogens with zero attached hydrogens (tertiary/aromatic N) is 2. The first-order valence-electron chi connectivity index (χ1n) is 5.54. The average Bonchev–Trinajstić information content (AvgIpc) is 2.55. The summed E-state index contributed by atoms with van der Waals surface area (Å²) in [6, 6.07) is 3.92. The van der Waals surface area contributed by atoms with Crippen molar-refractivity contribution in [2.45, 2.75) is 26.2 Å². The van der Waals surface area contributed by atoms with E-state index < -0.39 is 0 Å². The molecule has 3 nitrogen and oxygen atoms in total. The third-order valence-electron chi connectivity index (χ3n) is 2.82. The Labute approximate surface area is 101 Å². The Kier molecular flexibility index (Phi) is 3.12. The maximum atomic E-state index is 8.99. The number of ether oxygens (including phenoxy) is 1. The van der Waals surface area contributed by atoms with E-state index in [9.17, 15) is 0 Å². The summed E-state index contributed by atoms with van der Waals surface area (Å²) in [6.07, 6.45) is 8.42. The van der Waals surface area contributed by atoms with Crippen LogP contribution in [0.4, 0.5) is 0 Å². The van der Waals surface area contributed by atoms with Gasteiger partial charge in [0, 0.05) is 17.6 Å². The van der Waals surface area contributed by atoms with E-state index in [1.807, 2.05) is 19.1 Å². The molecule has 0 spiro atoms. The minimum Gasteiger partial charge on any atom is -0.466 e. The van der Waals surface area contributed by atoms with Crippen LogP contribution in [-0.2, 0) is 4.74 Å². The molecular weight excluding hydrogens is 212 g/mol. The third-order valence-corrected chi connectivity index (χ3v) is 2.82. The van der Waals surface area contributed by atoms with Crippen molar-refractivity contribution in [3.8, 4) is 12.1 Å². The van der Waals surface area contributed by atoms with Crippen molar-refractivity contribution in [3.63, 3.8) is 0 Å². The lowest BCUT2D eigenvalue weighted by atomic mass is 9.94. The van der Waals surface area contributed by atoms with Crippen LogP contribution < -0.4 is 0 Å². The summed E-state index contributed by atoms with van der Waals surface area (Å²) in [7, 11) is 0. The quantitative estimate of drug-likeness (QED) is 0.468. The first-order chi connectivity index (χ1) is 8.26. The van der Waals surface area contributed by atoms with E-state index in [2.05, 4.69) is 12.2 Å². The second-order valence-corrected chi connectivity index (χ2v) is 3.99. The number of hydrogen-bond donors (Lipinski definition) is 0. The smallest absolute Gasteiger partial charge is 0.137 e. The Morgan fingerprint density at radius 1 is 1.29 bits per heavy atom. The van der Waals surface area contributed by atoms with Crippen LogP contribution in [0, 0.1) is 22.7 Å². The van der Waals surface area contributed by atoms with E-state index in [1.54, 1.807) is 6.08 Å². The largest absolute Gasteiger partial charge is 0.466 e. The van der Waals surface area contributed by atoms with Gasteiger partial charge in [0.05, 0.1) is 0 Å². The summed E-state index contributed by atoms with van der Waals surface area (Å²) in [6.45, 7) is 1.84. The van der Waals surface area contributed by atoms with Crippen LogP contribution in [-0.4, -0.2) is 0 Å². The first kappa shape index (κ1) is 11.2. The molecule has 0 bridgehead atoms. The zero-order valence-electron chi connectivity index (χ0n) is 9.66. The molecule has 0 amide bonds. The summed E-state index contributed by atoms with van der Waals surface area (Å²) in [4.78, 5) is 0. The highest BCUT2D eigenvalue weighted by molar-refractivity contribution is 5.57. The van der Waals surface area contributed by atoms with E-state index >= 15 is 0 Å². The predicted molar refractivity (Wildman–Crippen MR) is 63.1 cm³/mol. The van der Waals surface area contributed by atoms with Crippen LogP contribution in [0.1, 0.15) is 26.2 Å². The fourth-order valence-electron chi connectivity index (χ4n) is 2.07. The molecule has 0 radical (unpaired) electrons. The predicted octanol–water partition coefficient (Wildman–Crippen LogP) is 3.26. The fourth-order valence-corrected chi connectivity index (χ4v) is 2.07. The molecule has 0 saturated heterocycles. The molecule has 0 N–H and O–H groups in total. The zero-order valence-corrected chi connectivity index (χ0v) is 9.66. The average molecular weight is 224 g/mol. The van der Waals surface area contributed by atoms with Gasteiger partial charge in [0.15, 0.2) is 0 Å². The van der Waals surface area contributed by atoms with Gasteiger partial charge in [-0.2, -0.15) is 10.5 Å². The standard InChI is InChI=1S/C14H12N2O/c1-10-7-13(11(8-15)9-16)12-5-3-2-4-6-14(12)17-10/h2,4,7H,3,5-6H2,1H3. The van der Waals surface area contributed by atoms with Crippen LogP contribution in [0.15, 0.2) is 46.5 Å². The highest BCUT2D eigenvalue weighted by Crippen LogP contribution is 2.34. The Hall–Kier alpha value is -2.26. The van der Waals surface area contributed by atoms with Crippen molar-refractivity contribution in [2.24, 2.45) is 0 Å². The maximum Gasteiger partial charge on any atom is 0.137 e. The molecule has 1 heterocycles. The molecule has 1 aliphatic heterocycles.